The van der Waals surface area contributed by atoms with Crippen molar-refractivity contribution in [1.29, 1.82) is 0 Å². The SMILES string of the molecule is O=C(c1ccc(-c2ccccc2)cc1)c1ccc(Nc2c(F)cccc2F)nc1. The number of hydrogen-bond acceptors (Lipinski definition) is 3. The average Bonchev–Trinajstić information content (AvgIpc) is 2.77. The highest BCUT2D eigenvalue weighted by atomic mass is 19.1. The summed E-state index contributed by atoms with van der Waals surface area (Å²) in [7, 11) is 0. The Morgan fingerprint density at radius 2 is 1.31 bits per heavy atom. The average molecular weight is 386 g/mol. The van der Waals surface area contributed by atoms with E-state index in [-0.39, 0.29) is 17.3 Å². The van der Waals surface area contributed by atoms with Crippen molar-refractivity contribution in [2.24, 2.45) is 0 Å². The molecule has 1 heterocycles. The van der Waals surface area contributed by atoms with Gasteiger partial charge in [-0.15, -0.1) is 0 Å². The number of para-hydroxylation sites is 1. The van der Waals surface area contributed by atoms with Crippen molar-refractivity contribution >= 4 is 17.3 Å². The van der Waals surface area contributed by atoms with Gasteiger partial charge in [0.25, 0.3) is 0 Å². The van der Waals surface area contributed by atoms with Gasteiger partial charge in [-0.25, -0.2) is 13.8 Å². The fourth-order valence-corrected chi connectivity index (χ4v) is 2.96. The number of nitrogens with zero attached hydrogens (tertiary/aromatic N) is 1. The Balaban J connectivity index is 1.51. The summed E-state index contributed by atoms with van der Waals surface area (Å²) in [5.41, 5.74) is 2.73. The molecule has 0 radical (unpaired) electrons. The second-order valence-electron chi connectivity index (χ2n) is 6.43. The zero-order valence-electron chi connectivity index (χ0n) is 15.3. The van der Waals surface area contributed by atoms with Gasteiger partial charge in [0.15, 0.2) is 5.78 Å². The van der Waals surface area contributed by atoms with E-state index in [4.69, 9.17) is 0 Å². The van der Waals surface area contributed by atoms with E-state index >= 15 is 0 Å². The van der Waals surface area contributed by atoms with E-state index in [1.165, 1.54) is 18.3 Å². The van der Waals surface area contributed by atoms with Gasteiger partial charge in [-0.3, -0.25) is 4.79 Å². The Labute approximate surface area is 166 Å². The summed E-state index contributed by atoms with van der Waals surface area (Å²) >= 11 is 0. The van der Waals surface area contributed by atoms with Crippen molar-refractivity contribution in [3.8, 4) is 11.1 Å². The van der Waals surface area contributed by atoms with E-state index < -0.39 is 11.6 Å². The zero-order valence-corrected chi connectivity index (χ0v) is 15.3. The quantitative estimate of drug-likeness (QED) is 0.428. The lowest BCUT2D eigenvalue weighted by molar-refractivity contribution is 0.103. The molecule has 1 aromatic heterocycles. The van der Waals surface area contributed by atoms with Crippen LogP contribution < -0.4 is 5.32 Å². The third-order valence-corrected chi connectivity index (χ3v) is 4.50. The van der Waals surface area contributed by atoms with Crippen LogP contribution in [0.1, 0.15) is 15.9 Å². The second kappa shape index (κ2) is 8.02. The van der Waals surface area contributed by atoms with Crippen molar-refractivity contribution in [1.82, 2.24) is 4.98 Å². The molecule has 4 rings (SSSR count). The standard InChI is InChI=1S/C24H16F2N2O/c25-20-7-4-8-21(26)23(20)28-22-14-13-19(15-27-22)24(29)18-11-9-17(10-12-18)16-5-2-1-3-6-16/h1-15H,(H,27,28). The zero-order chi connectivity index (χ0) is 20.2. The van der Waals surface area contributed by atoms with Gasteiger partial charge >= 0.3 is 0 Å². The van der Waals surface area contributed by atoms with Crippen LogP contribution in [0.4, 0.5) is 20.3 Å². The van der Waals surface area contributed by atoms with Crippen LogP contribution in [0, 0.1) is 11.6 Å². The molecule has 29 heavy (non-hydrogen) atoms. The number of hydrogen-bond donors (Lipinski definition) is 1. The Kier molecular flexibility index (Phi) is 5.12. The molecule has 0 bridgehead atoms. The van der Waals surface area contributed by atoms with Crippen LogP contribution in [-0.4, -0.2) is 10.8 Å². The van der Waals surface area contributed by atoms with Crippen molar-refractivity contribution in [3.63, 3.8) is 0 Å². The number of anilines is 2. The van der Waals surface area contributed by atoms with Crippen molar-refractivity contribution in [3.05, 3.63) is 114 Å². The molecule has 0 saturated heterocycles. The van der Waals surface area contributed by atoms with Gasteiger partial charge < -0.3 is 5.32 Å². The van der Waals surface area contributed by atoms with Crippen LogP contribution in [0.3, 0.4) is 0 Å². The normalized spacial score (nSPS) is 10.6. The van der Waals surface area contributed by atoms with Crippen LogP contribution in [0.25, 0.3) is 11.1 Å². The van der Waals surface area contributed by atoms with Gasteiger partial charge in [0.2, 0.25) is 0 Å². The molecular formula is C24H16F2N2O. The first-order valence-corrected chi connectivity index (χ1v) is 8.99. The summed E-state index contributed by atoms with van der Waals surface area (Å²) in [5, 5.41) is 2.60. The first-order valence-electron chi connectivity index (χ1n) is 8.99. The minimum Gasteiger partial charge on any atom is -0.335 e. The lowest BCUT2D eigenvalue weighted by atomic mass is 10.0. The van der Waals surface area contributed by atoms with Gasteiger partial charge in [-0.05, 0) is 35.4 Å². The molecule has 0 fully saturated rings. The number of nitrogens with one attached hydrogen (secondary N) is 1. The number of aromatic nitrogens is 1. The fourth-order valence-electron chi connectivity index (χ4n) is 2.96. The van der Waals surface area contributed by atoms with Crippen molar-refractivity contribution in [2.75, 3.05) is 5.32 Å². The molecule has 0 aliphatic rings. The summed E-state index contributed by atoms with van der Waals surface area (Å²) in [6.45, 7) is 0. The van der Waals surface area contributed by atoms with Crippen molar-refractivity contribution in [2.45, 2.75) is 0 Å². The first-order chi connectivity index (χ1) is 14.1. The van der Waals surface area contributed by atoms with Crippen LogP contribution in [-0.2, 0) is 0 Å². The minimum absolute atomic E-state index is 0.180. The summed E-state index contributed by atoms with van der Waals surface area (Å²) < 4.78 is 27.5. The minimum atomic E-state index is -0.717. The number of benzene rings is 3. The monoisotopic (exact) mass is 386 g/mol. The summed E-state index contributed by atoms with van der Waals surface area (Å²) in [4.78, 5) is 16.8. The molecule has 0 spiro atoms. The van der Waals surface area contributed by atoms with Gasteiger partial charge in [0, 0.05) is 17.3 Å². The number of rotatable bonds is 5. The van der Waals surface area contributed by atoms with E-state index in [1.54, 1.807) is 18.2 Å². The third-order valence-electron chi connectivity index (χ3n) is 4.50. The van der Waals surface area contributed by atoms with Crippen LogP contribution in [0.2, 0.25) is 0 Å². The van der Waals surface area contributed by atoms with Gasteiger partial charge in [0.05, 0.1) is 0 Å². The molecule has 3 aromatic carbocycles. The number of pyridine rings is 1. The predicted octanol–water partition coefficient (Wildman–Crippen LogP) is 6.00. The van der Waals surface area contributed by atoms with Crippen LogP contribution >= 0.6 is 0 Å². The lowest BCUT2D eigenvalue weighted by Crippen LogP contribution is -2.04. The summed E-state index contributed by atoms with van der Waals surface area (Å²) in [6, 6.07) is 23.9. The van der Waals surface area contributed by atoms with E-state index in [0.29, 0.717) is 11.1 Å². The maximum Gasteiger partial charge on any atom is 0.194 e. The maximum atomic E-state index is 13.7. The molecule has 0 amide bonds. The molecule has 4 aromatic rings. The Morgan fingerprint density at radius 1 is 0.690 bits per heavy atom. The highest BCUT2D eigenvalue weighted by Gasteiger charge is 2.12. The molecule has 1 N–H and O–H groups in total. The topological polar surface area (TPSA) is 42.0 Å². The summed E-state index contributed by atoms with van der Waals surface area (Å²) in [5.74, 6) is -1.37. The van der Waals surface area contributed by atoms with E-state index in [0.717, 1.165) is 23.3 Å². The predicted molar refractivity (Wildman–Crippen MR) is 109 cm³/mol. The fraction of sp³-hybridized carbons (Fsp3) is 0. The largest absolute Gasteiger partial charge is 0.335 e. The number of carbonyl (C=O) groups is 1. The van der Waals surface area contributed by atoms with Crippen molar-refractivity contribution < 1.29 is 13.6 Å². The molecule has 0 saturated carbocycles. The number of halogens is 2. The maximum absolute atomic E-state index is 13.7. The van der Waals surface area contributed by atoms with Crippen LogP contribution in [0.5, 0.6) is 0 Å². The molecule has 142 valence electrons. The summed E-state index contributed by atoms with van der Waals surface area (Å²) in [6.07, 6.45) is 1.38. The van der Waals surface area contributed by atoms with E-state index in [1.807, 2.05) is 42.5 Å². The smallest absolute Gasteiger partial charge is 0.194 e. The molecule has 0 unspecified atom stereocenters. The lowest BCUT2D eigenvalue weighted by Gasteiger charge is -2.08. The molecule has 0 aliphatic heterocycles. The first kappa shape index (κ1) is 18.5. The molecule has 3 nitrogen and oxygen atoms in total. The number of ketones is 1. The van der Waals surface area contributed by atoms with Crippen LogP contribution in [0.15, 0.2) is 91.1 Å². The van der Waals surface area contributed by atoms with E-state index in [2.05, 4.69) is 10.3 Å². The molecule has 0 atom stereocenters. The Bertz CT molecular complexity index is 1120. The molecular weight excluding hydrogens is 370 g/mol. The Hall–Kier alpha value is -3.86. The van der Waals surface area contributed by atoms with Gasteiger partial charge in [0.1, 0.15) is 23.1 Å². The highest BCUT2D eigenvalue weighted by Crippen LogP contribution is 2.23. The second-order valence-corrected chi connectivity index (χ2v) is 6.43. The third kappa shape index (κ3) is 4.04. The Morgan fingerprint density at radius 3 is 1.93 bits per heavy atom. The van der Waals surface area contributed by atoms with E-state index in [9.17, 15) is 13.6 Å². The molecule has 0 aliphatic carbocycles. The van der Waals surface area contributed by atoms with Gasteiger partial charge in [-0.2, -0.15) is 0 Å². The number of carbonyl (C=O) groups excluding carboxylic acids is 1. The van der Waals surface area contributed by atoms with Gasteiger partial charge in [-0.1, -0.05) is 60.7 Å². The molecule has 5 heteroatoms. The highest BCUT2D eigenvalue weighted by molar-refractivity contribution is 6.09.